The summed E-state index contributed by atoms with van der Waals surface area (Å²) in [6, 6.07) is 14.5. The molecule has 0 aromatic heterocycles. The summed E-state index contributed by atoms with van der Waals surface area (Å²) in [4.78, 5) is 17.3. The van der Waals surface area contributed by atoms with Crippen molar-refractivity contribution in [2.45, 2.75) is 25.9 Å². The predicted octanol–water partition coefficient (Wildman–Crippen LogP) is 3.47. The molecule has 1 fully saturated rings. The molecule has 0 radical (unpaired) electrons. The van der Waals surface area contributed by atoms with Crippen molar-refractivity contribution in [2.75, 3.05) is 32.2 Å². The van der Waals surface area contributed by atoms with E-state index in [2.05, 4.69) is 15.6 Å². The summed E-state index contributed by atoms with van der Waals surface area (Å²) < 4.78 is 16.3. The lowest BCUT2D eigenvalue weighted by Crippen LogP contribution is -2.36. The second-order valence-corrected chi connectivity index (χ2v) is 6.59. The summed E-state index contributed by atoms with van der Waals surface area (Å²) in [5.74, 6) is 1.51. The zero-order valence-corrected chi connectivity index (χ0v) is 16.8. The number of amides is 1. The first-order valence-electron chi connectivity index (χ1n) is 9.79. The smallest absolute Gasteiger partial charge is 0.258 e. The number of carbonyl (C=O) groups excluding carboxylic acids is 1. The van der Waals surface area contributed by atoms with Crippen molar-refractivity contribution in [3.63, 3.8) is 0 Å². The number of methoxy groups -OCH3 is 1. The molecule has 0 saturated carbocycles. The molecular weight excluding hydrogens is 370 g/mol. The molecule has 0 unspecified atom stereocenters. The van der Waals surface area contributed by atoms with Crippen LogP contribution in [-0.4, -0.2) is 44.8 Å². The van der Waals surface area contributed by atoms with Gasteiger partial charge >= 0.3 is 0 Å². The van der Waals surface area contributed by atoms with Crippen LogP contribution in [0.5, 0.6) is 11.5 Å². The van der Waals surface area contributed by atoms with Crippen LogP contribution in [0.2, 0.25) is 0 Å². The van der Waals surface area contributed by atoms with E-state index < -0.39 is 0 Å². The minimum Gasteiger partial charge on any atom is -0.497 e. The van der Waals surface area contributed by atoms with E-state index in [9.17, 15) is 4.79 Å². The van der Waals surface area contributed by atoms with Crippen LogP contribution in [0.25, 0.3) is 0 Å². The Bertz CT molecular complexity index is 830. The first kappa shape index (κ1) is 20.7. The third kappa shape index (κ3) is 6.22. The van der Waals surface area contributed by atoms with Gasteiger partial charge in [0.25, 0.3) is 5.91 Å². The van der Waals surface area contributed by atoms with Crippen LogP contribution < -0.4 is 20.1 Å². The van der Waals surface area contributed by atoms with Gasteiger partial charge in [0.05, 0.1) is 26.4 Å². The molecule has 0 bridgehead atoms. The van der Waals surface area contributed by atoms with Crippen molar-refractivity contribution in [3.05, 3.63) is 54.1 Å². The Balaban J connectivity index is 1.72. The topological polar surface area (TPSA) is 81.2 Å². The number of hydrogen-bond acceptors (Lipinski definition) is 5. The van der Waals surface area contributed by atoms with Gasteiger partial charge in [-0.2, -0.15) is 0 Å². The van der Waals surface area contributed by atoms with E-state index in [-0.39, 0.29) is 12.0 Å². The molecule has 1 aliphatic heterocycles. The molecule has 1 heterocycles. The van der Waals surface area contributed by atoms with Crippen LogP contribution in [0, 0.1) is 0 Å². The Labute approximate surface area is 171 Å². The maximum absolute atomic E-state index is 12.7. The highest BCUT2D eigenvalue weighted by Crippen LogP contribution is 2.17. The average Bonchev–Trinajstić information content (AvgIpc) is 3.27. The fraction of sp³-hybridized carbons (Fsp3) is 0.364. The van der Waals surface area contributed by atoms with E-state index >= 15 is 0 Å². The van der Waals surface area contributed by atoms with Crippen LogP contribution in [0.3, 0.4) is 0 Å². The van der Waals surface area contributed by atoms with Crippen molar-refractivity contribution in [3.8, 4) is 11.5 Å². The largest absolute Gasteiger partial charge is 0.497 e. The van der Waals surface area contributed by atoms with E-state index in [0.717, 1.165) is 30.9 Å². The molecule has 154 valence electrons. The van der Waals surface area contributed by atoms with Gasteiger partial charge in [0, 0.05) is 17.9 Å². The Morgan fingerprint density at radius 1 is 1.21 bits per heavy atom. The van der Waals surface area contributed by atoms with Crippen LogP contribution in [-0.2, 0) is 4.74 Å². The predicted molar refractivity (Wildman–Crippen MR) is 113 cm³/mol. The molecule has 0 aliphatic carbocycles. The van der Waals surface area contributed by atoms with E-state index in [4.69, 9.17) is 14.2 Å². The molecule has 1 aliphatic rings. The Morgan fingerprint density at radius 2 is 2.03 bits per heavy atom. The minimum atomic E-state index is -0.270. The van der Waals surface area contributed by atoms with Crippen molar-refractivity contribution >= 4 is 17.6 Å². The van der Waals surface area contributed by atoms with Crippen LogP contribution >= 0.6 is 0 Å². The number of benzene rings is 2. The SMILES string of the molecule is CCOc1ccc(NC(=NC[C@@H]2CCCO2)NC(=O)c2cccc(OC)c2)cc1. The number of rotatable bonds is 7. The molecule has 0 spiro atoms. The van der Waals surface area contributed by atoms with Gasteiger partial charge in [-0.25, -0.2) is 4.99 Å². The number of aliphatic imine (C=N–C) groups is 1. The van der Waals surface area contributed by atoms with Crippen LogP contribution in [0.15, 0.2) is 53.5 Å². The van der Waals surface area contributed by atoms with Gasteiger partial charge in [-0.1, -0.05) is 6.07 Å². The zero-order valence-electron chi connectivity index (χ0n) is 16.8. The molecule has 2 N–H and O–H groups in total. The number of nitrogens with zero attached hydrogens (tertiary/aromatic N) is 1. The average molecular weight is 397 g/mol. The number of ether oxygens (including phenoxy) is 3. The van der Waals surface area contributed by atoms with Gasteiger partial charge in [-0.05, 0) is 62.2 Å². The summed E-state index contributed by atoms with van der Waals surface area (Å²) in [7, 11) is 1.57. The molecule has 7 nitrogen and oxygen atoms in total. The first-order chi connectivity index (χ1) is 14.2. The molecule has 2 aromatic carbocycles. The van der Waals surface area contributed by atoms with Crippen LogP contribution in [0.1, 0.15) is 30.1 Å². The molecule has 29 heavy (non-hydrogen) atoms. The summed E-state index contributed by atoms with van der Waals surface area (Å²) in [6.07, 6.45) is 2.10. The number of hydrogen-bond donors (Lipinski definition) is 2. The third-order valence-corrected chi connectivity index (χ3v) is 4.47. The van der Waals surface area contributed by atoms with E-state index in [1.807, 2.05) is 31.2 Å². The molecule has 1 saturated heterocycles. The van der Waals surface area contributed by atoms with E-state index in [1.165, 1.54) is 0 Å². The molecule has 1 amide bonds. The van der Waals surface area contributed by atoms with Gasteiger partial charge < -0.3 is 19.5 Å². The molecular formula is C22H27N3O4. The molecule has 1 atom stereocenters. The van der Waals surface area contributed by atoms with Crippen molar-refractivity contribution < 1.29 is 19.0 Å². The summed E-state index contributed by atoms with van der Waals surface area (Å²) in [5.41, 5.74) is 1.29. The number of anilines is 1. The Hall–Kier alpha value is -3.06. The summed E-state index contributed by atoms with van der Waals surface area (Å²) in [6.45, 7) is 3.79. The lowest BCUT2D eigenvalue weighted by Gasteiger charge is -2.14. The zero-order chi connectivity index (χ0) is 20.5. The minimum absolute atomic E-state index is 0.0841. The Kier molecular flexibility index (Phi) is 7.47. The third-order valence-electron chi connectivity index (χ3n) is 4.47. The lowest BCUT2D eigenvalue weighted by atomic mass is 10.2. The Morgan fingerprint density at radius 3 is 2.72 bits per heavy atom. The highest BCUT2D eigenvalue weighted by Gasteiger charge is 2.16. The summed E-state index contributed by atoms with van der Waals surface area (Å²) >= 11 is 0. The number of carbonyl (C=O) groups is 1. The van der Waals surface area contributed by atoms with Gasteiger partial charge in [0.2, 0.25) is 5.96 Å². The van der Waals surface area contributed by atoms with Crippen LogP contribution in [0.4, 0.5) is 5.69 Å². The molecule has 2 aromatic rings. The monoisotopic (exact) mass is 397 g/mol. The van der Waals surface area contributed by atoms with Gasteiger partial charge in [0.15, 0.2) is 0 Å². The van der Waals surface area contributed by atoms with Gasteiger partial charge in [-0.15, -0.1) is 0 Å². The normalized spacial score (nSPS) is 16.3. The van der Waals surface area contributed by atoms with Gasteiger partial charge in [-0.3, -0.25) is 10.1 Å². The standard InChI is InChI=1S/C22H27N3O4/c1-3-28-18-11-9-17(10-12-18)24-22(23-15-20-8-5-13-29-20)25-21(26)16-6-4-7-19(14-16)27-2/h4,6-7,9-12,14,20H,3,5,8,13,15H2,1-2H3,(H2,23,24,25,26)/t20-/m0/s1. The lowest BCUT2D eigenvalue weighted by molar-refractivity contribution is 0.0975. The quantitative estimate of drug-likeness (QED) is 0.552. The summed E-state index contributed by atoms with van der Waals surface area (Å²) in [5, 5.41) is 6.03. The maximum Gasteiger partial charge on any atom is 0.258 e. The molecule has 7 heteroatoms. The fourth-order valence-corrected chi connectivity index (χ4v) is 2.97. The second-order valence-electron chi connectivity index (χ2n) is 6.59. The highest BCUT2D eigenvalue weighted by atomic mass is 16.5. The van der Waals surface area contributed by atoms with Crippen molar-refractivity contribution in [2.24, 2.45) is 4.99 Å². The number of nitrogens with one attached hydrogen (secondary N) is 2. The fourth-order valence-electron chi connectivity index (χ4n) is 2.97. The van der Waals surface area contributed by atoms with E-state index in [0.29, 0.717) is 30.4 Å². The van der Waals surface area contributed by atoms with Crippen molar-refractivity contribution in [1.29, 1.82) is 0 Å². The second kappa shape index (κ2) is 10.5. The number of guanidine groups is 1. The molecule has 3 rings (SSSR count). The van der Waals surface area contributed by atoms with Gasteiger partial charge in [0.1, 0.15) is 11.5 Å². The first-order valence-corrected chi connectivity index (χ1v) is 9.79. The van der Waals surface area contributed by atoms with Crippen molar-refractivity contribution in [1.82, 2.24) is 5.32 Å². The maximum atomic E-state index is 12.7. The van der Waals surface area contributed by atoms with E-state index in [1.54, 1.807) is 31.4 Å². The highest BCUT2D eigenvalue weighted by molar-refractivity contribution is 6.10.